The number of rotatable bonds is 9. The van der Waals surface area contributed by atoms with Crippen molar-refractivity contribution in [1.82, 2.24) is 10.6 Å². The molecule has 5 nitrogen and oxygen atoms in total. The summed E-state index contributed by atoms with van der Waals surface area (Å²) in [5, 5.41) is 6.40. The van der Waals surface area contributed by atoms with Crippen molar-refractivity contribution in [3.05, 3.63) is 0 Å². The van der Waals surface area contributed by atoms with Crippen molar-refractivity contribution in [3.8, 4) is 0 Å². The molecule has 1 rings (SSSR count). The third kappa shape index (κ3) is 6.41. The molecule has 0 aromatic rings. The number of amides is 1. The second-order valence-corrected chi connectivity index (χ2v) is 6.25. The van der Waals surface area contributed by atoms with E-state index in [1.54, 1.807) is 7.11 Å². The summed E-state index contributed by atoms with van der Waals surface area (Å²) in [7, 11) is 1.67. The molecule has 1 fully saturated rings. The van der Waals surface area contributed by atoms with Crippen LogP contribution in [0.15, 0.2) is 0 Å². The normalized spacial score (nSPS) is 18.6. The molecule has 1 saturated heterocycles. The van der Waals surface area contributed by atoms with Gasteiger partial charge in [-0.1, -0.05) is 13.8 Å². The number of halogens is 1. The first kappa shape index (κ1) is 21.6. The first-order chi connectivity index (χ1) is 10.1. The summed E-state index contributed by atoms with van der Waals surface area (Å²) >= 11 is 0. The number of hydrogen-bond acceptors (Lipinski definition) is 4. The van der Waals surface area contributed by atoms with E-state index in [2.05, 4.69) is 24.5 Å². The molecule has 132 valence electrons. The molecule has 1 atom stereocenters. The molecule has 0 aromatic heterocycles. The molecule has 1 unspecified atom stereocenters. The van der Waals surface area contributed by atoms with Crippen LogP contribution in [0.1, 0.15) is 40.0 Å². The van der Waals surface area contributed by atoms with Crippen LogP contribution >= 0.6 is 12.4 Å². The Bertz CT molecular complexity index is 302. The molecule has 1 amide bonds. The summed E-state index contributed by atoms with van der Waals surface area (Å²) in [5.41, 5.74) is -0.362. The van der Waals surface area contributed by atoms with Gasteiger partial charge in [-0.15, -0.1) is 12.4 Å². The molecule has 2 N–H and O–H groups in total. The highest BCUT2D eigenvalue weighted by molar-refractivity contribution is 5.85. The molecule has 0 saturated carbocycles. The highest BCUT2D eigenvalue weighted by Crippen LogP contribution is 2.29. The van der Waals surface area contributed by atoms with E-state index in [0.717, 1.165) is 39.0 Å². The zero-order valence-electron chi connectivity index (χ0n) is 14.4. The lowest BCUT2D eigenvalue weighted by atomic mass is 9.78. The predicted molar refractivity (Wildman–Crippen MR) is 91.5 cm³/mol. The molecule has 0 aromatic carbocycles. The van der Waals surface area contributed by atoms with Crippen molar-refractivity contribution in [2.24, 2.45) is 11.3 Å². The van der Waals surface area contributed by atoms with Gasteiger partial charge < -0.3 is 20.1 Å². The standard InChI is InChI=1S/C16H32N2O3.ClH/c1-5-21-14(13(2)3)6-9-18-15(19)16(12-20-4)7-10-17-11-8-16;/h13-14,17H,5-12H2,1-4H3,(H,18,19);1H. The van der Waals surface area contributed by atoms with Crippen LogP contribution in [0.5, 0.6) is 0 Å². The number of methoxy groups -OCH3 is 1. The fraction of sp³-hybridized carbons (Fsp3) is 0.938. The lowest BCUT2D eigenvalue weighted by molar-refractivity contribution is -0.136. The average molecular weight is 337 g/mol. The third-order valence-electron chi connectivity index (χ3n) is 4.30. The van der Waals surface area contributed by atoms with Crippen LogP contribution in [-0.2, 0) is 14.3 Å². The molecule has 1 heterocycles. The van der Waals surface area contributed by atoms with E-state index in [1.807, 2.05) is 6.92 Å². The Morgan fingerprint density at radius 1 is 1.32 bits per heavy atom. The third-order valence-corrected chi connectivity index (χ3v) is 4.30. The molecule has 1 aliphatic heterocycles. The molecule has 0 radical (unpaired) electrons. The Labute approximate surface area is 141 Å². The van der Waals surface area contributed by atoms with Crippen molar-refractivity contribution in [3.63, 3.8) is 0 Å². The van der Waals surface area contributed by atoms with Gasteiger partial charge in [0.25, 0.3) is 0 Å². The quantitative estimate of drug-likeness (QED) is 0.676. The Balaban J connectivity index is 0.00000441. The van der Waals surface area contributed by atoms with E-state index in [4.69, 9.17) is 9.47 Å². The van der Waals surface area contributed by atoms with E-state index in [-0.39, 0.29) is 29.8 Å². The van der Waals surface area contributed by atoms with Crippen LogP contribution in [0.3, 0.4) is 0 Å². The van der Waals surface area contributed by atoms with Crippen molar-refractivity contribution < 1.29 is 14.3 Å². The lowest BCUT2D eigenvalue weighted by Crippen LogP contribution is -2.50. The Kier molecular flexibility index (Phi) is 11.0. The number of carbonyl (C=O) groups excluding carboxylic acids is 1. The van der Waals surface area contributed by atoms with E-state index in [0.29, 0.717) is 19.1 Å². The first-order valence-corrected chi connectivity index (χ1v) is 8.15. The minimum atomic E-state index is -0.362. The summed E-state index contributed by atoms with van der Waals surface area (Å²) in [6.45, 7) is 9.96. The summed E-state index contributed by atoms with van der Waals surface area (Å²) < 4.78 is 11.0. The van der Waals surface area contributed by atoms with Gasteiger partial charge in [0.1, 0.15) is 0 Å². The summed E-state index contributed by atoms with van der Waals surface area (Å²) in [6, 6.07) is 0. The largest absolute Gasteiger partial charge is 0.384 e. The van der Waals surface area contributed by atoms with Crippen molar-refractivity contribution in [2.75, 3.05) is 40.0 Å². The van der Waals surface area contributed by atoms with Crippen LogP contribution in [0.2, 0.25) is 0 Å². The summed E-state index contributed by atoms with van der Waals surface area (Å²) in [4.78, 5) is 12.6. The number of hydrogen-bond donors (Lipinski definition) is 2. The molecule has 6 heteroatoms. The molecular formula is C16H33ClN2O3. The maximum Gasteiger partial charge on any atom is 0.228 e. The van der Waals surface area contributed by atoms with E-state index in [9.17, 15) is 4.79 Å². The van der Waals surface area contributed by atoms with E-state index < -0.39 is 0 Å². The maximum atomic E-state index is 12.6. The van der Waals surface area contributed by atoms with Crippen LogP contribution in [0, 0.1) is 11.3 Å². The maximum absolute atomic E-state index is 12.6. The van der Waals surface area contributed by atoms with E-state index >= 15 is 0 Å². The molecule has 0 aliphatic carbocycles. The van der Waals surface area contributed by atoms with Crippen molar-refractivity contribution >= 4 is 18.3 Å². The average Bonchev–Trinajstić information content (AvgIpc) is 2.47. The van der Waals surface area contributed by atoms with Crippen LogP contribution in [0.4, 0.5) is 0 Å². The Morgan fingerprint density at radius 2 is 1.95 bits per heavy atom. The number of carbonyl (C=O) groups is 1. The predicted octanol–water partition coefficient (Wildman–Crippen LogP) is 1.99. The van der Waals surface area contributed by atoms with Gasteiger partial charge in [-0.2, -0.15) is 0 Å². The van der Waals surface area contributed by atoms with Crippen LogP contribution < -0.4 is 10.6 Å². The van der Waals surface area contributed by atoms with Gasteiger partial charge in [-0.05, 0) is 45.2 Å². The van der Waals surface area contributed by atoms with Gasteiger partial charge in [0.05, 0.1) is 18.1 Å². The lowest BCUT2D eigenvalue weighted by Gasteiger charge is -2.35. The number of nitrogens with one attached hydrogen (secondary N) is 2. The highest BCUT2D eigenvalue weighted by Gasteiger charge is 2.39. The van der Waals surface area contributed by atoms with Gasteiger partial charge in [0.15, 0.2) is 0 Å². The van der Waals surface area contributed by atoms with Crippen LogP contribution in [0.25, 0.3) is 0 Å². The molecule has 0 spiro atoms. The second-order valence-electron chi connectivity index (χ2n) is 6.25. The Morgan fingerprint density at radius 3 is 2.45 bits per heavy atom. The van der Waals surface area contributed by atoms with Gasteiger partial charge >= 0.3 is 0 Å². The molecular weight excluding hydrogens is 304 g/mol. The fourth-order valence-corrected chi connectivity index (χ4v) is 2.96. The zero-order valence-corrected chi connectivity index (χ0v) is 15.3. The highest BCUT2D eigenvalue weighted by atomic mass is 35.5. The molecule has 1 aliphatic rings. The second kappa shape index (κ2) is 11.2. The summed E-state index contributed by atoms with van der Waals surface area (Å²) in [5.74, 6) is 0.596. The van der Waals surface area contributed by atoms with Crippen LogP contribution in [-0.4, -0.2) is 52.0 Å². The minimum absolute atomic E-state index is 0. The number of ether oxygens (including phenoxy) is 2. The van der Waals surface area contributed by atoms with Crippen molar-refractivity contribution in [1.29, 1.82) is 0 Å². The molecule has 0 bridgehead atoms. The Hall–Kier alpha value is -0.360. The van der Waals surface area contributed by atoms with Gasteiger partial charge in [-0.3, -0.25) is 4.79 Å². The SMILES string of the molecule is CCOC(CCNC(=O)C1(COC)CCNCC1)C(C)C.Cl. The monoisotopic (exact) mass is 336 g/mol. The fourth-order valence-electron chi connectivity index (χ4n) is 2.96. The molecule has 22 heavy (non-hydrogen) atoms. The number of piperidine rings is 1. The topological polar surface area (TPSA) is 59.6 Å². The van der Waals surface area contributed by atoms with E-state index in [1.165, 1.54) is 0 Å². The smallest absolute Gasteiger partial charge is 0.228 e. The van der Waals surface area contributed by atoms with Gasteiger partial charge in [0, 0.05) is 20.3 Å². The summed E-state index contributed by atoms with van der Waals surface area (Å²) in [6.07, 6.45) is 2.75. The van der Waals surface area contributed by atoms with Gasteiger partial charge in [-0.25, -0.2) is 0 Å². The minimum Gasteiger partial charge on any atom is -0.384 e. The first-order valence-electron chi connectivity index (χ1n) is 8.15. The zero-order chi connectivity index (χ0) is 15.7. The van der Waals surface area contributed by atoms with Gasteiger partial charge in [0.2, 0.25) is 5.91 Å². The van der Waals surface area contributed by atoms with Crippen molar-refractivity contribution in [2.45, 2.75) is 46.1 Å².